The van der Waals surface area contributed by atoms with E-state index in [-0.39, 0.29) is 5.92 Å². The number of aryl methyl sites for hydroxylation is 1. The summed E-state index contributed by atoms with van der Waals surface area (Å²) in [6.45, 7) is 3.96. The van der Waals surface area contributed by atoms with Gasteiger partial charge in [-0.3, -0.25) is 9.97 Å². The average Bonchev–Trinajstić information content (AvgIpc) is 3.30. The fourth-order valence-corrected chi connectivity index (χ4v) is 4.22. The van der Waals surface area contributed by atoms with E-state index in [2.05, 4.69) is 38.0 Å². The quantitative estimate of drug-likeness (QED) is 0.502. The Labute approximate surface area is 174 Å². The van der Waals surface area contributed by atoms with Gasteiger partial charge in [0.15, 0.2) is 0 Å². The third-order valence-corrected chi connectivity index (χ3v) is 5.73. The first-order chi connectivity index (χ1) is 14.7. The standard InChI is InChI=1S/C23H23N5O2/c1-15-14-25-20-17(6-5-8-19(20)29-2)21(15)28-12-9-16(10-13-28)23-26-22(27-30-23)18-7-3-4-11-24-18/h3-8,11,14,16H,9-10,12-13H2,1-2H3. The van der Waals surface area contributed by atoms with Crippen molar-refractivity contribution in [2.45, 2.75) is 25.7 Å². The largest absolute Gasteiger partial charge is 0.494 e. The van der Waals surface area contributed by atoms with Crippen molar-refractivity contribution in [3.05, 3.63) is 60.2 Å². The van der Waals surface area contributed by atoms with E-state index in [0.29, 0.717) is 11.7 Å². The number of methoxy groups -OCH3 is 1. The molecule has 1 aliphatic rings. The lowest BCUT2D eigenvalue weighted by Crippen LogP contribution is -2.33. The summed E-state index contributed by atoms with van der Waals surface area (Å²) >= 11 is 0. The molecule has 1 fully saturated rings. The van der Waals surface area contributed by atoms with Crippen molar-refractivity contribution in [1.82, 2.24) is 20.1 Å². The van der Waals surface area contributed by atoms with Crippen LogP contribution in [0.4, 0.5) is 5.69 Å². The van der Waals surface area contributed by atoms with Crippen LogP contribution in [0.2, 0.25) is 0 Å². The van der Waals surface area contributed by atoms with Crippen LogP contribution in [-0.2, 0) is 0 Å². The van der Waals surface area contributed by atoms with Crippen molar-refractivity contribution >= 4 is 16.6 Å². The van der Waals surface area contributed by atoms with Crippen LogP contribution in [0.5, 0.6) is 5.75 Å². The van der Waals surface area contributed by atoms with Gasteiger partial charge in [0.1, 0.15) is 17.0 Å². The topological polar surface area (TPSA) is 77.2 Å². The van der Waals surface area contributed by atoms with Gasteiger partial charge in [0.05, 0.1) is 12.8 Å². The third-order valence-electron chi connectivity index (χ3n) is 5.73. The van der Waals surface area contributed by atoms with Gasteiger partial charge in [-0.2, -0.15) is 4.98 Å². The third kappa shape index (κ3) is 3.26. The van der Waals surface area contributed by atoms with Gasteiger partial charge in [0, 0.05) is 36.8 Å². The number of aromatic nitrogens is 4. The maximum atomic E-state index is 5.58. The Morgan fingerprint density at radius 1 is 1.07 bits per heavy atom. The normalized spacial score (nSPS) is 14.9. The van der Waals surface area contributed by atoms with Crippen molar-refractivity contribution in [2.75, 3.05) is 25.1 Å². The summed E-state index contributed by atoms with van der Waals surface area (Å²) in [5.41, 5.74) is 4.04. The van der Waals surface area contributed by atoms with Crippen LogP contribution < -0.4 is 9.64 Å². The van der Waals surface area contributed by atoms with Gasteiger partial charge in [-0.1, -0.05) is 23.4 Å². The van der Waals surface area contributed by atoms with Crippen LogP contribution in [0.25, 0.3) is 22.4 Å². The van der Waals surface area contributed by atoms with Crippen molar-refractivity contribution in [2.24, 2.45) is 0 Å². The molecule has 0 aliphatic carbocycles. The van der Waals surface area contributed by atoms with E-state index in [1.807, 2.05) is 36.5 Å². The number of piperidine rings is 1. The second-order valence-corrected chi connectivity index (χ2v) is 7.58. The summed E-state index contributed by atoms with van der Waals surface area (Å²) in [5, 5.41) is 5.26. The Morgan fingerprint density at radius 3 is 2.70 bits per heavy atom. The number of benzene rings is 1. The van der Waals surface area contributed by atoms with E-state index in [1.165, 1.54) is 11.3 Å². The zero-order valence-electron chi connectivity index (χ0n) is 17.1. The molecule has 1 aliphatic heterocycles. The zero-order chi connectivity index (χ0) is 20.5. The first-order valence-electron chi connectivity index (χ1n) is 10.2. The number of rotatable bonds is 4. The molecule has 30 heavy (non-hydrogen) atoms. The van der Waals surface area contributed by atoms with Gasteiger partial charge in [-0.25, -0.2) is 0 Å². The SMILES string of the molecule is COc1cccc2c(N3CCC(c4nc(-c5ccccn5)no4)CC3)c(C)cnc12. The Balaban J connectivity index is 1.37. The molecule has 1 aromatic carbocycles. The number of anilines is 1. The highest BCUT2D eigenvalue weighted by Gasteiger charge is 2.27. The summed E-state index contributed by atoms with van der Waals surface area (Å²) < 4.78 is 11.1. The highest BCUT2D eigenvalue weighted by atomic mass is 16.5. The first-order valence-corrected chi connectivity index (χ1v) is 10.2. The molecule has 7 heteroatoms. The lowest BCUT2D eigenvalue weighted by molar-refractivity contribution is 0.329. The van der Waals surface area contributed by atoms with Gasteiger partial charge in [0.2, 0.25) is 11.7 Å². The maximum absolute atomic E-state index is 5.58. The second kappa shape index (κ2) is 7.74. The van der Waals surface area contributed by atoms with Crippen molar-refractivity contribution < 1.29 is 9.26 Å². The Hall–Kier alpha value is -3.48. The molecule has 4 heterocycles. The number of pyridine rings is 2. The monoisotopic (exact) mass is 401 g/mol. The smallest absolute Gasteiger partial charge is 0.230 e. The molecule has 0 amide bonds. The minimum atomic E-state index is 0.258. The molecule has 0 radical (unpaired) electrons. The van der Waals surface area contributed by atoms with Gasteiger partial charge in [0.25, 0.3) is 0 Å². The Morgan fingerprint density at radius 2 is 1.93 bits per heavy atom. The Bertz CT molecular complexity index is 1170. The van der Waals surface area contributed by atoms with Crippen LogP contribution in [0.1, 0.15) is 30.2 Å². The number of nitrogens with zero attached hydrogens (tertiary/aromatic N) is 5. The van der Waals surface area contributed by atoms with Crippen LogP contribution in [0.3, 0.4) is 0 Å². The van der Waals surface area contributed by atoms with E-state index in [0.717, 1.165) is 48.3 Å². The number of fused-ring (bicyclic) bond motifs is 1. The molecule has 0 bridgehead atoms. The fraction of sp³-hybridized carbons (Fsp3) is 0.304. The minimum Gasteiger partial charge on any atom is -0.494 e. The van der Waals surface area contributed by atoms with Crippen molar-refractivity contribution in [3.8, 4) is 17.3 Å². The molecular formula is C23H23N5O2. The summed E-state index contributed by atoms with van der Waals surface area (Å²) in [6, 6.07) is 11.8. The highest BCUT2D eigenvalue weighted by Crippen LogP contribution is 2.37. The molecule has 5 rings (SSSR count). The van der Waals surface area contributed by atoms with Gasteiger partial charge in [-0.05, 0) is 43.5 Å². The summed E-state index contributed by atoms with van der Waals surface area (Å²) in [5.74, 6) is 2.31. The summed E-state index contributed by atoms with van der Waals surface area (Å²) in [7, 11) is 1.69. The van der Waals surface area contributed by atoms with Crippen molar-refractivity contribution in [1.29, 1.82) is 0 Å². The molecule has 0 N–H and O–H groups in total. The summed E-state index contributed by atoms with van der Waals surface area (Å²) in [6.07, 6.45) is 5.58. The van der Waals surface area contributed by atoms with E-state index >= 15 is 0 Å². The van der Waals surface area contributed by atoms with E-state index in [1.54, 1.807) is 13.3 Å². The van der Waals surface area contributed by atoms with Crippen LogP contribution in [0, 0.1) is 6.92 Å². The zero-order valence-corrected chi connectivity index (χ0v) is 17.1. The highest BCUT2D eigenvalue weighted by molar-refractivity contribution is 5.96. The van der Waals surface area contributed by atoms with E-state index < -0.39 is 0 Å². The maximum Gasteiger partial charge on any atom is 0.230 e. The molecule has 0 atom stereocenters. The Kier molecular flexibility index (Phi) is 4.78. The van der Waals surface area contributed by atoms with Crippen LogP contribution in [-0.4, -0.2) is 40.3 Å². The number of para-hydroxylation sites is 1. The minimum absolute atomic E-state index is 0.258. The molecule has 1 saturated heterocycles. The second-order valence-electron chi connectivity index (χ2n) is 7.58. The van der Waals surface area contributed by atoms with Crippen LogP contribution in [0.15, 0.2) is 53.3 Å². The lowest BCUT2D eigenvalue weighted by Gasteiger charge is -2.34. The number of ether oxygens (including phenoxy) is 1. The average molecular weight is 401 g/mol. The first kappa shape index (κ1) is 18.5. The van der Waals surface area contributed by atoms with Gasteiger partial charge in [-0.15, -0.1) is 0 Å². The summed E-state index contributed by atoms with van der Waals surface area (Å²) in [4.78, 5) is 16.0. The predicted molar refractivity (Wildman–Crippen MR) is 115 cm³/mol. The molecule has 4 aromatic rings. The molecule has 0 spiro atoms. The molecule has 152 valence electrons. The fourth-order valence-electron chi connectivity index (χ4n) is 4.22. The molecule has 7 nitrogen and oxygen atoms in total. The number of hydrogen-bond donors (Lipinski definition) is 0. The molecule has 3 aromatic heterocycles. The molecule has 0 saturated carbocycles. The number of hydrogen-bond acceptors (Lipinski definition) is 7. The van der Waals surface area contributed by atoms with E-state index in [9.17, 15) is 0 Å². The van der Waals surface area contributed by atoms with Gasteiger partial charge < -0.3 is 14.2 Å². The van der Waals surface area contributed by atoms with Gasteiger partial charge >= 0.3 is 0 Å². The van der Waals surface area contributed by atoms with Crippen molar-refractivity contribution in [3.63, 3.8) is 0 Å². The van der Waals surface area contributed by atoms with Crippen LogP contribution >= 0.6 is 0 Å². The lowest BCUT2D eigenvalue weighted by atomic mass is 9.95. The predicted octanol–water partition coefficient (Wildman–Crippen LogP) is 4.38. The molecular weight excluding hydrogens is 378 g/mol. The van der Waals surface area contributed by atoms with E-state index in [4.69, 9.17) is 9.26 Å². The molecule has 0 unspecified atom stereocenters.